The van der Waals surface area contributed by atoms with Crippen LogP contribution in [0.25, 0.3) is 0 Å². The lowest BCUT2D eigenvalue weighted by molar-refractivity contribution is 0.257. The molecule has 0 fully saturated rings. The largest absolute Gasteiger partial charge is 0.493 e. The number of fused-ring (bicyclic) bond motifs is 1. The Morgan fingerprint density at radius 3 is 3.11 bits per heavy atom. The van der Waals surface area contributed by atoms with Crippen molar-refractivity contribution in [3.8, 4) is 5.75 Å². The molecule has 98 valence electrons. The molecule has 0 aliphatic carbocycles. The van der Waals surface area contributed by atoms with Crippen molar-refractivity contribution in [2.24, 2.45) is 0 Å². The minimum absolute atomic E-state index is 0.0827. The van der Waals surface area contributed by atoms with Crippen LogP contribution in [0.5, 0.6) is 5.75 Å². The number of benzene rings is 1. The van der Waals surface area contributed by atoms with Gasteiger partial charge in [-0.1, -0.05) is 25.1 Å². The number of ether oxygens (including phenoxy) is 1. The van der Waals surface area contributed by atoms with Gasteiger partial charge in [0, 0.05) is 11.8 Å². The second-order valence-electron chi connectivity index (χ2n) is 4.80. The van der Waals surface area contributed by atoms with Crippen LogP contribution in [-0.2, 0) is 12.8 Å². The average Bonchev–Trinajstić information content (AvgIpc) is 2.46. The van der Waals surface area contributed by atoms with Gasteiger partial charge in [0.1, 0.15) is 11.6 Å². The highest BCUT2D eigenvalue weighted by Crippen LogP contribution is 2.30. The normalized spacial score (nSPS) is 17.6. The van der Waals surface area contributed by atoms with E-state index in [9.17, 15) is 4.79 Å². The fourth-order valence-electron chi connectivity index (χ4n) is 2.41. The third kappa shape index (κ3) is 2.38. The molecular weight excluding hydrogens is 240 g/mol. The summed E-state index contributed by atoms with van der Waals surface area (Å²) in [6.45, 7) is 2.56. The molecular formula is C15H16N2O2. The molecule has 19 heavy (non-hydrogen) atoms. The number of rotatable bonds is 2. The van der Waals surface area contributed by atoms with Crippen LogP contribution < -0.4 is 10.3 Å². The lowest BCUT2D eigenvalue weighted by Crippen LogP contribution is -2.24. The standard InChI is InChI=1S/C15H16N2O2/c1-2-12-8-14(18)17-15(16-12)11-7-10-5-3-4-6-13(10)19-9-11/h3-6,8,11H,2,7,9H2,1H3,(H,16,17,18). The zero-order chi connectivity index (χ0) is 13.2. The zero-order valence-electron chi connectivity index (χ0n) is 10.8. The second kappa shape index (κ2) is 4.88. The quantitative estimate of drug-likeness (QED) is 0.894. The minimum atomic E-state index is -0.0827. The number of hydrogen-bond acceptors (Lipinski definition) is 3. The SMILES string of the molecule is CCc1cc(=O)[nH]c(C2COc3ccccc3C2)n1. The molecule has 0 amide bonds. The summed E-state index contributed by atoms with van der Waals surface area (Å²) in [5.74, 6) is 1.79. The van der Waals surface area contributed by atoms with E-state index in [2.05, 4.69) is 16.0 Å². The number of para-hydroxylation sites is 1. The second-order valence-corrected chi connectivity index (χ2v) is 4.80. The molecule has 0 saturated carbocycles. The summed E-state index contributed by atoms with van der Waals surface area (Å²) in [7, 11) is 0. The van der Waals surface area contributed by atoms with E-state index >= 15 is 0 Å². The topological polar surface area (TPSA) is 55.0 Å². The van der Waals surface area contributed by atoms with Crippen molar-refractivity contribution in [3.63, 3.8) is 0 Å². The monoisotopic (exact) mass is 256 g/mol. The summed E-state index contributed by atoms with van der Waals surface area (Å²) >= 11 is 0. The van der Waals surface area contributed by atoms with E-state index in [1.165, 1.54) is 5.56 Å². The van der Waals surface area contributed by atoms with Crippen LogP contribution in [-0.4, -0.2) is 16.6 Å². The molecule has 1 aliphatic heterocycles. The highest BCUT2D eigenvalue weighted by Gasteiger charge is 2.23. The van der Waals surface area contributed by atoms with Gasteiger partial charge in [0.2, 0.25) is 0 Å². The van der Waals surface area contributed by atoms with Crippen LogP contribution >= 0.6 is 0 Å². The van der Waals surface area contributed by atoms with Crippen molar-refractivity contribution in [1.82, 2.24) is 9.97 Å². The molecule has 2 heterocycles. The van der Waals surface area contributed by atoms with E-state index < -0.39 is 0 Å². The Morgan fingerprint density at radius 1 is 1.42 bits per heavy atom. The zero-order valence-corrected chi connectivity index (χ0v) is 10.8. The molecule has 4 heteroatoms. The summed E-state index contributed by atoms with van der Waals surface area (Å²) < 4.78 is 5.74. The van der Waals surface area contributed by atoms with Crippen molar-refractivity contribution < 1.29 is 4.74 Å². The number of nitrogens with zero attached hydrogens (tertiary/aromatic N) is 1. The maximum absolute atomic E-state index is 11.6. The van der Waals surface area contributed by atoms with Crippen molar-refractivity contribution >= 4 is 0 Å². The van der Waals surface area contributed by atoms with Crippen LogP contribution in [0.15, 0.2) is 35.1 Å². The molecule has 0 radical (unpaired) electrons. The molecule has 2 aromatic rings. The molecule has 1 aromatic heterocycles. The first kappa shape index (κ1) is 12.0. The molecule has 1 atom stereocenters. The first-order chi connectivity index (χ1) is 9.26. The van der Waals surface area contributed by atoms with Crippen LogP contribution in [0.2, 0.25) is 0 Å². The van der Waals surface area contributed by atoms with Crippen LogP contribution in [0.3, 0.4) is 0 Å². The molecule has 0 saturated heterocycles. The summed E-state index contributed by atoms with van der Waals surface area (Å²) in [6, 6.07) is 9.56. The number of nitrogens with one attached hydrogen (secondary N) is 1. The summed E-state index contributed by atoms with van der Waals surface area (Å²) in [5, 5.41) is 0. The van der Waals surface area contributed by atoms with E-state index in [1.807, 2.05) is 25.1 Å². The van der Waals surface area contributed by atoms with E-state index in [1.54, 1.807) is 6.07 Å². The van der Waals surface area contributed by atoms with Crippen LogP contribution in [0, 0.1) is 0 Å². The van der Waals surface area contributed by atoms with Crippen molar-refractivity contribution in [1.29, 1.82) is 0 Å². The van der Waals surface area contributed by atoms with Gasteiger partial charge in [0.25, 0.3) is 5.56 Å². The maximum Gasteiger partial charge on any atom is 0.251 e. The van der Waals surface area contributed by atoms with E-state index in [4.69, 9.17) is 4.74 Å². The summed E-state index contributed by atoms with van der Waals surface area (Å²) in [5.41, 5.74) is 1.92. The number of aromatic nitrogens is 2. The average molecular weight is 256 g/mol. The van der Waals surface area contributed by atoms with Crippen LogP contribution in [0.1, 0.15) is 29.9 Å². The molecule has 0 bridgehead atoms. The number of aryl methyl sites for hydroxylation is 1. The fraction of sp³-hybridized carbons (Fsp3) is 0.333. The Morgan fingerprint density at radius 2 is 2.26 bits per heavy atom. The Kier molecular flexibility index (Phi) is 3.07. The van der Waals surface area contributed by atoms with Crippen LogP contribution in [0.4, 0.5) is 0 Å². The van der Waals surface area contributed by atoms with Gasteiger partial charge in [0.05, 0.1) is 12.5 Å². The molecule has 1 aliphatic rings. The van der Waals surface area contributed by atoms with E-state index in [-0.39, 0.29) is 11.5 Å². The highest BCUT2D eigenvalue weighted by molar-refractivity contribution is 5.36. The van der Waals surface area contributed by atoms with Gasteiger partial charge in [-0.2, -0.15) is 0 Å². The Hall–Kier alpha value is -2.10. The number of aromatic amines is 1. The van der Waals surface area contributed by atoms with Gasteiger partial charge in [-0.05, 0) is 24.5 Å². The van der Waals surface area contributed by atoms with Crippen molar-refractivity contribution in [2.45, 2.75) is 25.7 Å². The fourth-order valence-corrected chi connectivity index (χ4v) is 2.41. The van der Waals surface area contributed by atoms with Crippen molar-refractivity contribution in [2.75, 3.05) is 6.61 Å². The molecule has 0 spiro atoms. The van der Waals surface area contributed by atoms with Gasteiger partial charge in [-0.3, -0.25) is 4.79 Å². The van der Waals surface area contributed by atoms with Gasteiger partial charge in [-0.25, -0.2) is 4.98 Å². The first-order valence-electron chi connectivity index (χ1n) is 6.57. The first-order valence-corrected chi connectivity index (χ1v) is 6.57. The van der Waals surface area contributed by atoms with E-state index in [0.717, 1.165) is 30.1 Å². The molecule has 1 unspecified atom stereocenters. The predicted molar refractivity (Wildman–Crippen MR) is 72.6 cm³/mol. The van der Waals surface area contributed by atoms with Gasteiger partial charge in [0.15, 0.2) is 0 Å². The number of H-pyrrole nitrogens is 1. The van der Waals surface area contributed by atoms with Crippen molar-refractivity contribution in [3.05, 3.63) is 57.8 Å². The lowest BCUT2D eigenvalue weighted by atomic mass is 9.96. The van der Waals surface area contributed by atoms with E-state index in [0.29, 0.717) is 6.61 Å². The molecule has 4 nitrogen and oxygen atoms in total. The minimum Gasteiger partial charge on any atom is -0.493 e. The predicted octanol–water partition coefficient (Wildman–Crippen LogP) is 2.05. The van der Waals surface area contributed by atoms with Gasteiger partial charge in [-0.15, -0.1) is 0 Å². The highest BCUT2D eigenvalue weighted by atomic mass is 16.5. The Labute approximate surface area is 111 Å². The lowest BCUT2D eigenvalue weighted by Gasteiger charge is -2.24. The third-order valence-corrected chi connectivity index (χ3v) is 3.44. The smallest absolute Gasteiger partial charge is 0.251 e. The maximum atomic E-state index is 11.6. The molecule has 3 rings (SSSR count). The summed E-state index contributed by atoms with van der Waals surface area (Å²) in [4.78, 5) is 19.0. The van der Waals surface area contributed by atoms with Gasteiger partial charge < -0.3 is 9.72 Å². The summed E-state index contributed by atoms with van der Waals surface area (Å²) in [6.07, 6.45) is 1.62. The Bertz CT molecular complexity index is 649. The number of hydrogen-bond donors (Lipinski definition) is 1. The molecule has 1 aromatic carbocycles. The Balaban J connectivity index is 1.93. The molecule has 1 N–H and O–H groups in total. The van der Waals surface area contributed by atoms with Gasteiger partial charge >= 0.3 is 0 Å². The third-order valence-electron chi connectivity index (χ3n) is 3.44.